The fourth-order valence-electron chi connectivity index (χ4n) is 1.55. The Morgan fingerprint density at radius 3 is 2.60 bits per heavy atom. The minimum atomic E-state index is -1.30. The van der Waals surface area contributed by atoms with Crippen LogP contribution in [-0.2, 0) is 5.67 Å². The van der Waals surface area contributed by atoms with Crippen molar-refractivity contribution in [1.82, 2.24) is 5.32 Å². The maximum atomic E-state index is 13.7. The minimum absolute atomic E-state index is 0.0901. The van der Waals surface area contributed by atoms with Gasteiger partial charge in [0.25, 0.3) is 0 Å². The van der Waals surface area contributed by atoms with Gasteiger partial charge >= 0.3 is 0 Å². The predicted octanol–water partition coefficient (Wildman–Crippen LogP) is 2.11. The molecule has 1 unspecified atom stereocenters. The Labute approximate surface area is 90.7 Å². The summed E-state index contributed by atoms with van der Waals surface area (Å²) in [6.45, 7) is 3.62. The molecule has 3 N–H and O–H groups in total. The van der Waals surface area contributed by atoms with Crippen LogP contribution in [0.2, 0.25) is 0 Å². The molecule has 84 valence electrons. The Hall–Kier alpha value is -0.930. The number of hydrogen-bond acceptors (Lipinski definition) is 2. The lowest BCUT2D eigenvalue weighted by atomic mass is 9.96. The average Bonchev–Trinajstić information content (AvgIpc) is 2.19. The van der Waals surface area contributed by atoms with Crippen molar-refractivity contribution in [3.63, 3.8) is 0 Å². The van der Waals surface area contributed by atoms with Gasteiger partial charge < -0.3 is 11.1 Å². The maximum Gasteiger partial charge on any atom is 0.130 e. The molecule has 0 aliphatic heterocycles. The van der Waals surface area contributed by atoms with Crippen LogP contribution in [0.1, 0.15) is 31.0 Å². The fraction of sp³-hybridized carbons (Fsp3) is 0.500. The predicted molar refractivity (Wildman–Crippen MR) is 61.4 cm³/mol. The van der Waals surface area contributed by atoms with Crippen molar-refractivity contribution < 1.29 is 4.39 Å². The van der Waals surface area contributed by atoms with E-state index in [9.17, 15) is 4.39 Å². The van der Waals surface area contributed by atoms with Crippen LogP contribution in [-0.4, -0.2) is 13.6 Å². The highest BCUT2D eigenvalue weighted by Crippen LogP contribution is 2.26. The number of rotatable bonds is 4. The van der Waals surface area contributed by atoms with Crippen LogP contribution in [0.25, 0.3) is 0 Å². The number of hydrogen-bond donors (Lipinski definition) is 2. The second-order valence-corrected chi connectivity index (χ2v) is 4.17. The van der Waals surface area contributed by atoms with E-state index in [-0.39, 0.29) is 6.04 Å². The molecule has 15 heavy (non-hydrogen) atoms. The number of nitrogens with one attached hydrogen (secondary N) is 1. The van der Waals surface area contributed by atoms with Crippen LogP contribution < -0.4 is 11.1 Å². The second kappa shape index (κ2) is 4.73. The quantitative estimate of drug-likeness (QED) is 0.798. The summed E-state index contributed by atoms with van der Waals surface area (Å²) in [4.78, 5) is 0. The summed E-state index contributed by atoms with van der Waals surface area (Å²) < 4.78 is 13.7. The molecule has 0 fully saturated rings. The second-order valence-electron chi connectivity index (χ2n) is 4.17. The third kappa shape index (κ3) is 3.01. The molecule has 0 saturated heterocycles. The van der Waals surface area contributed by atoms with Gasteiger partial charge in [-0.25, -0.2) is 4.39 Å². The summed E-state index contributed by atoms with van der Waals surface area (Å²) in [5, 5.41) is 3.10. The standard InChI is InChI=1S/C12H19FN2/c1-12(2,13)10-6-4-5-9(7-10)11(8-14)15-3/h4-7,11,15H,8,14H2,1-3H3. The monoisotopic (exact) mass is 210 g/mol. The maximum absolute atomic E-state index is 13.7. The van der Waals surface area contributed by atoms with Crippen LogP contribution in [0, 0.1) is 0 Å². The number of nitrogens with two attached hydrogens (primary N) is 1. The number of likely N-dealkylation sites (N-methyl/N-ethyl adjacent to an activating group) is 1. The number of alkyl halides is 1. The van der Waals surface area contributed by atoms with Crippen molar-refractivity contribution in [3.8, 4) is 0 Å². The van der Waals surface area contributed by atoms with Gasteiger partial charge in [0.2, 0.25) is 0 Å². The zero-order valence-corrected chi connectivity index (χ0v) is 9.55. The van der Waals surface area contributed by atoms with E-state index < -0.39 is 5.67 Å². The van der Waals surface area contributed by atoms with E-state index in [1.54, 1.807) is 19.9 Å². The van der Waals surface area contributed by atoms with E-state index >= 15 is 0 Å². The van der Waals surface area contributed by atoms with E-state index in [0.717, 1.165) is 5.56 Å². The van der Waals surface area contributed by atoms with E-state index in [2.05, 4.69) is 5.32 Å². The van der Waals surface area contributed by atoms with E-state index in [0.29, 0.717) is 12.1 Å². The molecule has 0 radical (unpaired) electrons. The highest BCUT2D eigenvalue weighted by Gasteiger charge is 2.19. The Balaban J connectivity index is 3.02. The average molecular weight is 210 g/mol. The van der Waals surface area contributed by atoms with Crippen LogP contribution >= 0.6 is 0 Å². The van der Waals surface area contributed by atoms with Crippen LogP contribution in [0.5, 0.6) is 0 Å². The molecule has 0 spiro atoms. The SMILES string of the molecule is CNC(CN)c1cccc(C(C)(C)F)c1. The van der Waals surface area contributed by atoms with Gasteiger partial charge in [0.05, 0.1) is 0 Å². The fourth-order valence-corrected chi connectivity index (χ4v) is 1.55. The van der Waals surface area contributed by atoms with Crippen molar-refractivity contribution in [2.45, 2.75) is 25.6 Å². The minimum Gasteiger partial charge on any atom is -0.329 e. The highest BCUT2D eigenvalue weighted by atomic mass is 19.1. The summed E-state index contributed by atoms with van der Waals surface area (Å²) in [5.74, 6) is 0. The molecule has 0 bridgehead atoms. The Morgan fingerprint density at radius 1 is 1.47 bits per heavy atom. The van der Waals surface area contributed by atoms with Crippen molar-refractivity contribution in [2.75, 3.05) is 13.6 Å². The molecule has 0 saturated carbocycles. The molecule has 1 aromatic carbocycles. The molecule has 1 aromatic rings. The van der Waals surface area contributed by atoms with Crippen LogP contribution in [0.4, 0.5) is 4.39 Å². The smallest absolute Gasteiger partial charge is 0.130 e. The van der Waals surface area contributed by atoms with E-state index in [4.69, 9.17) is 5.73 Å². The molecular weight excluding hydrogens is 191 g/mol. The van der Waals surface area contributed by atoms with Crippen LogP contribution in [0.15, 0.2) is 24.3 Å². The van der Waals surface area contributed by atoms with E-state index in [1.807, 2.05) is 25.2 Å². The lowest BCUT2D eigenvalue weighted by molar-refractivity contribution is 0.221. The molecule has 0 aliphatic rings. The van der Waals surface area contributed by atoms with Gasteiger partial charge in [0.15, 0.2) is 0 Å². The van der Waals surface area contributed by atoms with Crippen molar-refractivity contribution >= 4 is 0 Å². The zero-order valence-electron chi connectivity index (χ0n) is 9.55. The molecule has 0 amide bonds. The van der Waals surface area contributed by atoms with Gasteiger partial charge in [0.1, 0.15) is 5.67 Å². The summed E-state index contributed by atoms with van der Waals surface area (Å²) in [6, 6.07) is 7.59. The summed E-state index contributed by atoms with van der Waals surface area (Å²) >= 11 is 0. The third-order valence-corrected chi connectivity index (χ3v) is 2.56. The molecule has 0 aliphatic carbocycles. The summed E-state index contributed by atoms with van der Waals surface area (Å²) in [6.07, 6.45) is 0. The number of halogens is 1. The summed E-state index contributed by atoms with van der Waals surface area (Å²) in [5.41, 5.74) is 6.03. The third-order valence-electron chi connectivity index (χ3n) is 2.56. The van der Waals surface area contributed by atoms with Crippen molar-refractivity contribution in [1.29, 1.82) is 0 Å². The number of benzene rings is 1. The van der Waals surface area contributed by atoms with Gasteiger partial charge in [-0.1, -0.05) is 24.3 Å². The Morgan fingerprint density at radius 2 is 2.13 bits per heavy atom. The lowest BCUT2D eigenvalue weighted by Crippen LogP contribution is -2.25. The molecule has 0 aromatic heterocycles. The van der Waals surface area contributed by atoms with Crippen LogP contribution in [0.3, 0.4) is 0 Å². The largest absolute Gasteiger partial charge is 0.329 e. The Kier molecular flexibility index (Phi) is 3.83. The molecule has 1 rings (SSSR count). The molecule has 0 heterocycles. The first-order valence-electron chi connectivity index (χ1n) is 5.15. The molecule has 2 nitrogen and oxygen atoms in total. The summed E-state index contributed by atoms with van der Waals surface area (Å²) in [7, 11) is 1.85. The molecular formula is C12H19FN2. The normalized spacial score (nSPS) is 13.9. The van der Waals surface area contributed by atoms with Crippen molar-refractivity contribution in [3.05, 3.63) is 35.4 Å². The molecule has 3 heteroatoms. The molecule has 1 atom stereocenters. The lowest BCUT2D eigenvalue weighted by Gasteiger charge is -2.19. The topological polar surface area (TPSA) is 38.0 Å². The van der Waals surface area contributed by atoms with Gasteiger partial charge in [-0.2, -0.15) is 0 Å². The highest BCUT2D eigenvalue weighted by molar-refractivity contribution is 5.29. The Bertz CT molecular complexity index is 314. The van der Waals surface area contributed by atoms with E-state index in [1.165, 1.54) is 0 Å². The van der Waals surface area contributed by atoms with Gasteiger partial charge in [0, 0.05) is 12.6 Å². The van der Waals surface area contributed by atoms with Gasteiger partial charge in [-0.15, -0.1) is 0 Å². The van der Waals surface area contributed by atoms with Gasteiger partial charge in [-0.05, 0) is 32.0 Å². The zero-order chi connectivity index (χ0) is 11.5. The first-order valence-corrected chi connectivity index (χ1v) is 5.15. The first kappa shape index (κ1) is 12.1. The van der Waals surface area contributed by atoms with Crippen molar-refractivity contribution in [2.24, 2.45) is 5.73 Å². The van der Waals surface area contributed by atoms with Gasteiger partial charge in [-0.3, -0.25) is 0 Å². The first-order chi connectivity index (χ1) is 6.99.